The molecule has 2 unspecified atom stereocenters. The molecule has 2 N–H and O–H groups in total. The second-order valence-corrected chi connectivity index (χ2v) is 4.73. The predicted molar refractivity (Wildman–Crippen MR) is 67.9 cm³/mol. The van der Waals surface area contributed by atoms with E-state index in [1.807, 2.05) is 11.9 Å². The van der Waals surface area contributed by atoms with Gasteiger partial charge in [0, 0.05) is 19.4 Å². The number of anilines is 1. The summed E-state index contributed by atoms with van der Waals surface area (Å²) in [6.07, 6.45) is 6.31. The average molecular weight is 250 g/mol. The highest BCUT2D eigenvalue weighted by atomic mass is 16.4. The third-order valence-electron chi connectivity index (χ3n) is 3.60. The predicted octanol–water partition coefficient (Wildman–Crippen LogP) is 1.52. The minimum Gasteiger partial charge on any atom is -0.478 e. The van der Waals surface area contributed by atoms with Crippen LogP contribution in [0.25, 0.3) is 0 Å². The van der Waals surface area contributed by atoms with Gasteiger partial charge in [-0.3, -0.25) is 4.98 Å². The van der Waals surface area contributed by atoms with Crippen LogP contribution in [0.4, 0.5) is 5.69 Å². The molecule has 0 spiro atoms. The maximum Gasteiger partial charge on any atom is 0.339 e. The van der Waals surface area contributed by atoms with Crippen LogP contribution in [-0.4, -0.2) is 40.4 Å². The first kappa shape index (κ1) is 12.8. The molecule has 98 valence electrons. The Bertz CT molecular complexity index is 436. The molecule has 1 aromatic rings. The maximum atomic E-state index is 11.2. The van der Waals surface area contributed by atoms with E-state index < -0.39 is 12.1 Å². The van der Waals surface area contributed by atoms with Crippen LogP contribution in [0.2, 0.25) is 0 Å². The van der Waals surface area contributed by atoms with E-state index in [1.165, 1.54) is 6.20 Å². The number of hydrogen-bond acceptors (Lipinski definition) is 4. The van der Waals surface area contributed by atoms with E-state index in [2.05, 4.69) is 4.98 Å². The molecule has 5 nitrogen and oxygen atoms in total. The number of aliphatic hydroxyl groups is 1. The molecule has 5 heteroatoms. The van der Waals surface area contributed by atoms with Crippen LogP contribution in [-0.2, 0) is 0 Å². The van der Waals surface area contributed by atoms with Gasteiger partial charge >= 0.3 is 5.97 Å². The van der Waals surface area contributed by atoms with Gasteiger partial charge in [-0.25, -0.2) is 4.79 Å². The number of nitrogens with zero attached hydrogens (tertiary/aromatic N) is 2. The topological polar surface area (TPSA) is 73.7 Å². The first-order valence-corrected chi connectivity index (χ1v) is 6.19. The first-order valence-electron chi connectivity index (χ1n) is 6.19. The number of carbonyl (C=O) groups is 1. The van der Waals surface area contributed by atoms with Crippen molar-refractivity contribution in [2.24, 2.45) is 0 Å². The third-order valence-corrected chi connectivity index (χ3v) is 3.60. The lowest BCUT2D eigenvalue weighted by molar-refractivity contribution is 0.0695. The Kier molecular flexibility index (Phi) is 3.81. The van der Waals surface area contributed by atoms with Crippen molar-refractivity contribution in [3.05, 3.63) is 24.0 Å². The Labute approximate surface area is 106 Å². The lowest BCUT2D eigenvalue weighted by atomic mass is 9.91. The summed E-state index contributed by atoms with van der Waals surface area (Å²) in [7, 11) is 1.83. The average Bonchev–Trinajstić information content (AvgIpc) is 2.38. The SMILES string of the molecule is CN(c1ccncc1C(=O)O)C1CCCCC1O. The Morgan fingerprint density at radius 1 is 1.44 bits per heavy atom. The number of aliphatic hydroxyl groups excluding tert-OH is 1. The van der Waals surface area contributed by atoms with Gasteiger partial charge in [-0.05, 0) is 18.9 Å². The van der Waals surface area contributed by atoms with Crippen molar-refractivity contribution in [1.82, 2.24) is 4.98 Å². The summed E-state index contributed by atoms with van der Waals surface area (Å²) in [5.41, 5.74) is 0.793. The fourth-order valence-electron chi connectivity index (χ4n) is 2.58. The van der Waals surface area contributed by atoms with E-state index in [0.29, 0.717) is 5.69 Å². The van der Waals surface area contributed by atoms with Gasteiger partial charge in [0.25, 0.3) is 0 Å². The highest BCUT2D eigenvalue weighted by Crippen LogP contribution is 2.28. The molecule has 0 aromatic carbocycles. The normalized spacial score (nSPS) is 23.7. The van der Waals surface area contributed by atoms with Crippen molar-refractivity contribution in [2.45, 2.75) is 37.8 Å². The smallest absolute Gasteiger partial charge is 0.339 e. The molecular formula is C13H18N2O3. The number of aromatic nitrogens is 1. The number of carboxylic acids is 1. The summed E-state index contributed by atoms with van der Waals surface area (Å²) in [6.45, 7) is 0. The monoisotopic (exact) mass is 250 g/mol. The molecule has 0 amide bonds. The summed E-state index contributed by atoms with van der Waals surface area (Å²) in [6, 6.07) is 1.67. The molecular weight excluding hydrogens is 232 g/mol. The zero-order valence-electron chi connectivity index (χ0n) is 10.4. The molecule has 2 atom stereocenters. The van der Waals surface area contributed by atoms with Gasteiger partial charge in [0.2, 0.25) is 0 Å². The zero-order valence-corrected chi connectivity index (χ0v) is 10.4. The number of rotatable bonds is 3. The van der Waals surface area contributed by atoms with Crippen LogP contribution in [0.3, 0.4) is 0 Å². The van der Waals surface area contributed by atoms with E-state index in [9.17, 15) is 9.90 Å². The molecule has 1 aromatic heterocycles. The number of aromatic carboxylic acids is 1. The van der Waals surface area contributed by atoms with Crippen LogP contribution < -0.4 is 4.90 Å². The molecule has 0 bridgehead atoms. The van der Waals surface area contributed by atoms with Crippen molar-refractivity contribution in [2.75, 3.05) is 11.9 Å². The molecule has 2 rings (SSSR count). The summed E-state index contributed by atoms with van der Waals surface area (Å²) in [4.78, 5) is 16.9. The van der Waals surface area contributed by atoms with E-state index in [-0.39, 0.29) is 11.6 Å². The van der Waals surface area contributed by atoms with Crippen LogP contribution in [0.5, 0.6) is 0 Å². The molecule has 18 heavy (non-hydrogen) atoms. The van der Waals surface area contributed by atoms with Gasteiger partial charge in [0.05, 0.1) is 17.8 Å². The van der Waals surface area contributed by atoms with Crippen molar-refractivity contribution in [1.29, 1.82) is 0 Å². The highest BCUT2D eigenvalue weighted by Gasteiger charge is 2.28. The van der Waals surface area contributed by atoms with E-state index in [0.717, 1.165) is 25.7 Å². The highest BCUT2D eigenvalue weighted by molar-refractivity contribution is 5.94. The van der Waals surface area contributed by atoms with Gasteiger partial charge in [-0.2, -0.15) is 0 Å². The first-order chi connectivity index (χ1) is 8.61. The Hall–Kier alpha value is -1.62. The summed E-state index contributed by atoms with van der Waals surface area (Å²) < 4.78 is 0. The van der Waals surface area contributed by atoms with Crippen LogP contribution >= 0.6 is 0 Å². The standard InChI is InChI=1S/C13H18N2O3/c1-15(11-4-2-3-5-12(11)16)10-6-7-14-8-9(10)13(17)18/h6-8,11-12,16H,2-5H2,1H3,(H,17,18). The van der Waals surface area contributed by atoms with Crippen molar-refractivity contribution in [3.63, 3.8) is 0 Å². The largest absolute Gasteiger partial charge is 0.478 e. The maximum absolute atomic E-state index is 11.2. The van der Waals surface area contributed by atoms with Gasteiger partial charge < -0.3 is 15.1 Å². The minimum absolute atomic E-state index is 0.0146. The summed E-state index contributed by atoms with van der Waals surface area (Å²) >= 11 is 0. The lowest BCUT2D eigenvalue weighted by Crippen LogP contribution is -2.44. The van der Waals surface area contributed by atoms with E-state index >= 15 is 0 Å². The summed E-state index contributed by atoms with van der Waals surface area (Å²) in [5.74, 6) is -0.991. The van der Waals surface area contributed by atoms with Crippen LogP contribution in [0.15, 0.2) is 18.5 Å². The minimum atomic E-state index is -0.991. The molecule has 0 aliphatic heterocycles. The van der Waals surface area contributed by atoms with Gasteiger partial charge in [0.1, 0.15) is 5.56 Å². The molecule has 1 fully saturated rings. The quantitative estimate of drug-likeness (QED) is 0.850. The molecule has 0 radical (unpaired) electrons. The van der Waals surface area contributed by atoms with E-state index in [1.54, 1.807) is 12.3 Å². The second kappa shape index (κ2) is 5.35. The molecule has 1 saturated carbocycles. The van der Waals surface area contributed by atoms with Gasteiger partial charge in [-0.1, -0.05) is 12.8 Å². The fraction of sp³-hybridized carbons (Fsp3) is 0.538. The number of likely N-dealkylation sites (N-methyl/N-ethyl adjacent to an activating group) is 1. The molecule has 1 aliphatic rings. The number of hydrogen-bond donors (Lipinski definition) is 2. The summed E-state index contributed by atoms with van der Waals surface area (Å²) in [5, 5.41) is 19.2. The molecule has 1 heterocycles. The number of carboxylic acid groups (broad SMARTS) is 1. The van der Waals surface area contributed by atoms with Crippen LogP contribution in [0.1, 0.15) is 36.0 Å². The zero-order chi connectivity index (χ0) is 13.1. The Morgan fingerprint density at radius 2 is 2.17 bits per heavy atom. The fourth-order valence-corrected chi connectivity index (χ4v) is 2.58. The lowest BCUT2D eigenvalue weighted by Gasteiger charge is -2.37. The van der Waals surface area contributed by atoms with Gasteiger partial charge in [0.15, 0.2) is 0 Å². The Morgan fingerprint density at radius 3 is 2.83 bits per heavy atom. The van der Waals surface area contributed by atoms with Crippen molar-refractivity contribution >= 4 is 11.7 Å². The third kappa shape index (κ3) is 2.46. The van der Waals surface area contributed by atoms with E-state index in [4.69, 9.17) is 5.11 Å². The molecule has 1 aliphatic carbocycles. The second-order valence-electron chi connectivity index (χ2n) is 4.73. The molecule has 0 saturated heterocycles. The Balaban J connectivity index is 2.27. The van der Waals surface area contributed by atoms with Crippen LogP contribution in [0, 0.1) is 0 Å². The van der Waals surface area contributed by atoms with Crippen molar-refractivity contribution < 1.29 is 15.0 Å². The van der Waals surface area contributed by atoms with Crippen molar-refractivity contribution in [3.8, 4) is 0 Å². The van der Waals surface area contributed by atoms with Gasteiger partial charge in [-0.15, -0.1) is 0 Å². The number of pyridine rings is 1.